The fourth-order valence-corrected chi connectivity index (χ4v) is 4.78. The molecule has 0 saturated carbocycles. The number of rotatable bonds is 3. The van der Waals surface area contributed by atoms with Crippen molar-refractivity contribution in [3.63, 3.8) is 0 Å². The van der Waals surface area contributed by atoms with Gasteiger partial charge in [0.1, 0.15) is 5.82 Å². The smallest absolute Gasteiger partial charge is 0.370 e. The van der Waals surface area contributed by atoms with Gasteiger partial charge in [0.05, 0.1) is 5.56 Å². The lowest BCUT2D eigenvalue weighted by atomic mass is 10.1. The maximum absolute atomic E-state index is 12.7. The van der Waals surface area contributed by atoms with Gasteiger partial charge in [-0.15, -0.1) is 0 Å². The van der Waals surface area contributed by atoms with Gasteiger partial charge in [-0.2, -0.15) is 24.9 Å². The zero-order valence-electron chi connectivity index (χ0n) is 17.9. The van der Waals surface area contributed by atoms with Gasteiger partial charge in [-0.25, -0.2) is 9.78 Å². The van der Waals surface area contributed by atoms with Crippen LogP contribution in [0.15, 0.2) is 36.5 Å². The number of alkyl halides is 3. The average Bonchev–Trinajstić information content (AvgIpc) is 2.80. The first-order chi connectivity index (χ1) is 15.3. The minimum atomic E-state index is -4.40. The van der Waals surface area contributed by atoms with Crippen LogP contribution in [0.1, 0.15) is 11.1 Å². The summed E-state index contributed by atoms with van der Waals surface area (Å²) in [7, 11) is 0. The van der Waals surface area contributed by atoms with Crippen LogP contribution in [0.5, 0.6) is 0 Å². The molecular weight excluding hydrogens is 439 g/mol. The molecule has 0 radical (unpaired) electrons. The number of hydrogen-bond donors (Lipinski definition) is 1. The summed E-state index contributed by atoms with van der Waals surface area (Å²) in [6.07, 6.45) is -3.55. The second-order valence-electron chi connectivity index (χ2n) is 7.91. The third kappa shape index (κ3) is 5.23. The van der Waals surface area contributed by atoms with Crippen LogP contribution in [0.25, 0.3) is 0 Å². The molecule has 2 aliphatic rings. The maximum atomic E-state index is 12.7. The number of carbonyl (C=O) groups is 1. The number of halogens is 3. The molecule has 32 heavy (non-hydrogen) atoms. The fourth-order valence-electron chi connectivity index (χ4n) is 3.88. The van der Waals surface area contributed by atoms with E-state index in [4.69, 9.17) is 0 Å². The van der Waals surface area contributed by atoms with Crippen molar-refractivity contribution in [2.75, 3.05) is 65.9 Å². The first-order valence-corrected chi connectivity index (χ1v) is 11.7. The van der Waals surface area contributed by atoms with Crippen molar-refractivity contribution in [3.8, 4) is 0 Å². The Hall–Kier alpha value is -2.62. The molecule has 6 nitrogen and oxygen atoms in total. The summed E-state index contributed by atoms with van der Waals surface area (Å²) < 4.78 is 38.2. The van der Waals surface area contributed by atoms with Crippen LogP contribution in [0.3, 0.4) is 0 Å². The number of thioether (sulfide) groups is 1. The summed E-state index contributed by atoms with van der Waals surface area (Å²) in [4.78, 5) is 22.7. The number of nitrogens with one attached hydrogen (secondary N) is 1. The van der Waals surface area contributed by atoms with Crippen molar-refractivity contribution in [2.24, 2.45) is 0 Å². The number of anilines is 3. The van der Waals surface area contributed by atoms with Gasteiger partial charge in [0.25, 0.3) is 0 Å². The van der Waals surface area contributed by atoms with E-state index in [-0.39, 0.29) is 6.03 Å². The average molecular weight is 466 g/mol. The monoisotopic (exact) mass is 465 g/mol. The molecule has 0 aliphatic carbocycles. The third-order valence-corrected chi connectivity index (χ3v) is 6.74. The van der Waals surface area contributed by atoms with Gasteiger partial charge in [-0.05, 0) is 42.8 Å². The highest BCUT2D eigenvalue weighted by Gasteiger charge is 2.31. The number of nitrogens with zero attached hydrogens (tertiary/aromatic N) is 4. The largest absolute Gasteiger partial charge is 0.417 e. The van der Waals surface area contributed by atoms with Crippen LogP contribution in [-0.2, 0) is 6.18 Å². The predicted molar refractivity (Wildman–Crippen MR) is 123 cm³/mol. The zero-order valence-corrected chi connectivity index (χ0v) is 18.7. The second-order valence-corrected chi connectivity index (χ2v) is 9.13. The van der Waals surface area contributed by atoms with E-state index in [9.17, 15) is 18.0 Å². The van der Waals surface area contributed by atoms with Crippen LogP contribution in [0.4, 0.5) is 35.2 Å². The maximum Gasteiger partial charge on any atom is 0.417 e. The van der Waals surface area contributed by atoms with Crippen LogP contribution >= 0.6 is 11.8 Å². The molecule has 0 unspecified atom stereocenters. The summed E-state index contributed by atoms with van der Waals surface area (Å²) >= 11 is 1.97. The Morgan fingerprint density at radius 2 is 1.72 bits per heavy atom. The van der Waals surface area contributed by atoms with Crippen molar-refractivity contribution in [1.29, 1.82) is 0 Å². The number of pyridine rings is 1. The Kier molecular flexibility index (Phi) is 6.68. The van der Waals surface area contributed by atoms with Gasteiger partial charge in [-0.1, -0.05) is 0 Å². The highest BCUT2D eigenvalue weighted by atomic mass is 32.2. The zero-order chi connectivity index (χ0) is 22.7. The van der Waals surface area contributed by atoms with E-state index in [1.54, 1.807) is 4.90 Å². The molecule has 0 spiro atoms. The fraction of sp³-hybridized carbons (Fsp3) is 0.455. The summed E-state index contributed by atoms with van der Waals surface area (Å²) in [6, 6.07) is 8.36. The molecule has 2 saturated heterocycles. The lowest BCUT2D eigenvalue weighted by Crippen LogP contribution is -2.50. The standard InChI is InChI=1S/C22H26F3N5OS/c1-16-14-18(28-10-12-32-13-11-28)3-4-19(16)27-21(31)30-8-6-29(7-9-30)20-5-2-17(15-26-20)22(23,24)25/h2-5,14-15H,6-13H2,1H3,(H,27,31). The van der Waals surface area contributed by atoms with Crippen LogP contribution in [-0.4, -0.2) is 66.7 Å². The van der Waals surface area contributed by atoms with Gasteiger partial charge >= 0.3 is 12.2 Å². The predicted octanol–water partition coefficient (Wildman–Crippen LogP) is 4.32. The van der Waals surface area contributed by atoms with E-state index in [0.29, 0.717) is 32.0 Å². The van der Waals surface area contributed by atoms with Crippen LogP contribution in [0, 0.1) is 6.92 Å². The number of hydrogen-bond acceptors (Lipinski definition) is 5. The molecule has 2 fully saturated rings. The van der Waals surface area contributed by atoms with E-state index >= 15 is 0 Å². The van der Waals surface area contributed by atoms with E-state index in [1.165, 1.54) is 11.8 Å². The Morgan fingerprint density at radius 3 is 2.31 bits per heavy atom. The summed E-state index contributed by atoms with van der Waals surface area (Å²) in [6.45, 7) is 6.02. The normalized spacial score (nSPS) is 17.4. The third-order valence-electron chi connectivity index (χ3n) is 5.79. The summed E-state index contributed by atoms with van der Waals surface area (Å²) in [5.74, 6) is 2.75. The highest BCUT2D eigenvalue weighted by Crippen LogP contribution is 2.29. The van der Waals surface area contributed by atoms with Crippen LogP contribution < -0.4 is 15.1 Å². The van der Waals surface area contributed by atoms with Crippen molar-refractivity contribution >= 4 is 35.0 Å². The molecule has 1 aromatic heterocycles. The van der Waals surface area contributed by atoms with Crippen molar-refractivity contribution in [1.82, 2.24) is 9.88 Å². The van der Waals surface area contributed by atoms with E-state index in [0.717, 1.165) is 48.1 Å². The minimum Gasteiger partial charge on any atom is -0.370 e. The number of benzene rings is 1. The van der Waals surface area contributed by atoms with Crippen molar-refractivity contribution < 1.29 is 18.0 Å². The Balaban J connectivity index is 1.32. The van der Waals surface area contributed by atoms with Gasteiger partial charge in [-0.3, -0.25) is 0 Å². The molecule has 2 aromatic rings. The molecule has 2 aliphatic heterocycles. The van der Waals surface area contributed by atoms with Gasteiger partial charge in [0.2, 0.25) is 0 Å². The number of aryl methyl sites for hydroxylation is 1. The Bertz CT molecular complexity index is 940. The SMILES string of the molecule is Cc1cc(N2CCSCC2)ccc1NC(=O)N1CCN(c2ccc(C(F)(F)F)cn2)CC1. The summed E-state index contributed by atoms with van der Waals surface area (Å²) in [5.41, 5.74) is 2.22. The molecule has 4 rings (SSSR count). The highest BCUT2D eigenvalue weighted by molar-refractivity contribution is 7.99. The number of amides is 2. The number of carbonyl (C=O) groups excluding carboxylic acids is 1. The van der Waals surface area contributed by atoms with Crippen LogP contribution in [0.2, 0.25) is 0 Å². The number of urea groups is 1. The van der Waals surface area contributed by atoms with E-state index in [2.05, 4.69) is 21.3 Å². The van der Waals surface area contributed by atoms with Gasteiger partial charge in [0, 0.05) is 68.3 Å². The van der Waals surface area contributed by atoms with Gasteiger partial charge < -0.3 is 20.0 Å². The first kappa shape index (κ1) is 22.6. The molecule has 3 heterocycles. The first-order valence-electron chi connectivity index (χ1n) is 10.6. The molecule has 1 aromatic carbocycles. The molecule has 2 amide bonds. The lowest BCUT2D eigenvalue weighted by molar-refractivity contribution is -0.137. The number of piperazine rings is 1. The molecule has 1 N–H and O–H groups in total. The Labute approximate surface area is 189 Å². The van der Waals surface area contributed by atoms with E-state index in [1.807, 2.05) is 35.7 Å². The molecular formula is C22H26F3N5OS. The molecule has 10 heteroatoms. The summed E-state index contributed by atoms with van der Waals surface area (Å²) in [5, 5.41) is 2.99. The second kappa shape index (κ2) is 9.48. The number of aromatic nitrogens is 1. The topological polar surface area (TPSA) is 51.7 Å². The molecule has 0 atom stereocenters. The quantitative estimate of drug-likeness (QED) is 0.732. The molecule has 0 bridgehead atoms. The van der Waals surface area contributed by atoms with Gasteiger partial charge in [0.15, 0.2) is 0 Å². The lowest BCUT2D eigenvalue weighted by Gasteiger charge is -2.35. The molecule has 172 valence electrons. The van der Waals surface area contributed by atoms with E-state index < -0.39 is 11.7 Å². The van der Waals surface area contributed by atoms with Crippen molar-refractivity contribution in [3.05, 3.63) is 47.7 Å². The van der Waals surface area contributed by atoms with Crippen molar-refractivity contribution in [2.45, 2.75) is 13.1 Å². The minimum absolute atomic E-state index is 0.171. The Morgan fingerprint density at radius 1 is 1.00 bits per heavy atom.